The number of carbonyl (C=O) groups excluding carboxylic acids is 2. The average molecular weight is 433 g/mol. The molecule has 31 heavy (non-hydrogen) atoms. The molecule has 4 aliphatic rings. The number of carboxylic acid groups (broad SMARTS) is 1. The second-order valence-electron chi connectivity index (χ2n) is 11.6. The molecule has 3 fully saturated rings. The van der Waals surface area contributed by atoms with Gasteiger partial charge < -0.3 is 15.7 Å². The van der Waals surface area contributed by atoms with Gasteiger partial charge in [-0.3, -0.25) is 14.4 Å². The summed E-state index contributed by atoms with van der Waals surface area (Å²) < 4.78 is 0. The molecule has 0 radical (unpaired) electrons. The van der Waals surface area contributed by atoms with E-state index in [1.165, 1.54) is 19.3 Å². The predicted molar refractivity (Wildman–Crippen MR) is 120 cm³/mol. The summed E-state index contributed by atoms with van der Waals surface area (Å²) in [6, 6.07) is 0.280. The van der Waals surface area contributed by atoms with Gasteiger partial charge in [-0.15, -0.1) is 0 Å². The molecule has 6 heteroatoms. The van der Waals surface area contributed by atoms with Crippen LogP contribution in [-0.2, 0) is 14.4 Å². The van der Waals surface area contributed by atoms with E-state index in [2.05, 4.69) is 51.3 Å². The number of hydrogen-bond donors (Lipinski definition) is 3. The highest BCUT2D eigenvalue weighted by atomic mass is 16.4. The van der Waals surface area contributed by atoms with Crippen molar-refractivity contribution in [3.05, 3.63) is 12.2 Å². The molecule has 6 nitrogen and oxygen atoms in total. The average Bonchev–Trinajstić information content (AvgIpc) is 2.98. The van der Waals surface area contributed by atoms with Crippen molar-refractivity contribution in [3.8, 4) is 0 Å². The van der Waals surface area contributed by atoms with Crippen molar-refractivity contribution < 1.29 is 19.5 Å². The lowest BCUT2D eigenvalue weighted by molar-refractivity contribution is -0.135. The molecular formula is C25H40N2O4. The minimum atomic E-state index is -0.833. The summed E-state index contributed by atoms with van der Waals surface area (Å²) in [7, 11) is 0. The van der Waals surface area contributed by atoms with Gasteiger partial charge in [0.05, 0.1) is 0 Å². The Kier molecular flexibility index (Phi) is 6.34. The zero-order valence-corrected chi connectivity index (χ0v) is 20.0. The molecule has 0 aromatic heterocycles. The van der Waals surface area contributed by atoms with Crippen LogP contribution in [0.3, 0.4) is 0 Å². The predicted octanol–water partition coefficient (Wildman–Crippen LogP) is 3.91. The summed E-state index contributed by atoms with van der Waals surface area (Å²) >= 11 is 0. The van der Waals surface area contributed by atoms with Crippen LogP contribution < -0.4 is 10.6 Å². The van der Waals surface area contributed by atoms with Gasteiger partial charge in [0.1, 0.15) is 0 Å². The molecule has 1 aliphatic heterocycles. The van der Waals surface area contributed by atoms with Crippen molar-refractivity contribution in [1.82, 2.24) is 10.6 Å². The van der Waals surface area contributed by atoms with E-state index in [9.17, 15) is 9.59 Å². The van der Waals surface area contributed by atoms with E-state index in [0.717, 1.165) is 26.2 Å². The Bertz CT molecular complexity index is 766. The van der Waals surface area contributed by atoms with Gasteiger partial charge in [0.2, 0.25) is 11.8 Å². The second kappa shape index (κ2) is 8.25. The van der Waals surface area contributed by atoms with E-state index < -0.39 is 5.97 Å². The first-order chi connectivity index (χ1) is 14.3. The van der Waals surface area contributed by atoms with Gasteiger partial charge in [-0.25, -0.2) is 0 Å². The van der Waals surface area contributed by atoms with E-state index >= 15 is 0 Å². The molecule has 3 aliphatic carbocycles. The lowest BCUT2D eigenvalue weighted by Gasteiger charge is -2.58. The Morgan fingerprint density at radius 2 is 1.74 bits per heavy atom. The van der Waals surface area contributed by atoms with Crippen LogP contribution in [0.15, 0.2) is 12.2 Å². The topological polar surface area (TPSA) is 95.5 Å². The summed E-state index contributed by atoms with van der Waals surface area (Å²) in [6.45, 7) is 12.0. The highest BCUT2D eigenvalue weighted by Gasteiger charge is 2.60. The van der Waals surface area contributed by atoms with Crippen molar-refractivity contribution in [1.29, 1.82) is 0 Å². The molecule has 0 bridgehead atoms. The quantitative estimate of drug-likeness (QED) is 0.585. The number of fused-ring (bicyclic) bond motifs is 5. The van der Waals surface area contributed by atoms with E-state index in [1.807, 2.05) is 0 Å². The lowest BCUT2D eigenvalue weighted by atomic mass is 9.48. The van der Waals surface area contributed by atoms with Gasteiger partial charge in [-0.2, -0.15) is 0 Å². The first-order valence-corrected chi connectivity index (χ1v) is 11.8. The molecule has 0 spiro atoms. The number of carbonyl (C=O) groups is 3. The maximum Gasteiger partial charge on any atom is 0.300 e. The first-order valence-electron chi connectivity index (χ1n) is 11.8. The number of aliphatic carboxylic acids is 1. The zero-order valence-electron chi connectivity index (χ0n) is 20.0. The molecule has 174 valence electrons. The minimum Gasteiger partial charge on any atom is -0.481 e. The SMILES string of the molecule is CC(=O)O.CC(C)(C)NC(=O)C1CCC2C3CCC4NC(=O)C=CC4(C)C3CCC12C. The van der Waals surface area contributed by atoms with Gasteiger partial charge in [-0.05, 0) is 88.5 Å². The molecule has 0 aromatic rings. The second-order valence-corrected chi connectivity index (χ2v) is 11.6. The van der Waals surface area contributed by atoms with Crippen LogP contribution in [0.4, 0.5) is 0 Å². The third kappa shape index (κ3) is 4.54. The van der Waals surface area contributed by atoms with Crippen LogP contribution in [0.2, 0.25) is 0 Å². The third-order valence-electron chi connectivity index (χ3n) is 8.50. The Balaban J connectivity index is 0.000000628. The summed E-state index contributed by atoms with van der Waals surface area (Å²) in [5.74, 6) is 1.57. The highest BCUT2D eigenvalue weighted by molar-refractivity contribution is 5.89. The van der Waals surface area contributed by atoms with Crippen LogP contribution in [0, 0.1) is 34.5 Å². The Morgan fingerprint density at radius 3 is 2.35 bits per heavy atom. The van der Waals surface area contributed by atoms with Crippen LogP contribution in [0.25, 0.3) is 0 Å². The van der Waals surface area contributed by atoms with Crippen molar-refractivity contribution in [3.63, 3.8) is 0 Å². The number of rotatable bonds is 1. The molecule has 4 rings (SSSR count). The zero-order chi connectivity index (χ0) is 23.2. The fraction of sp³-hybridized carbons (Fsp3) is 0.800. The van der Waals surface area contributed by atoms with Crippen LogP contribution >= 0.6 is 0 Å². The Hall–Kier alpha value is -1.85. The summed E-state index contributed by atoms with van der Waals surface area (Å²) in [5, 5.41) is 13.9. The van der Waals surface area contributed by atoms with E-state index in [-0.39, 0.29) is 40.1 Å². The van der Waals surface area contributed by atoms with Gasteiger partial charge in [-0.1, -0.05) is 19.9 Å². The maximum atomic E-state index is 13.0. The molecule has 2 amide bonds. The standard InChI is InChI=1S/C23H36N2O2.C2H4O2/c1-21(2,3)25-20(27)17-8-7-15-14-6-9-18-23(5,13-11-19(26)24-18)16(14)10-12-22(15,17)4;1-2(3)4/h11,13-18H,6-10,12H2,1-5H3,(H,24,26)(H,25,27);1H3,(H,3,4). The Labute approximate surface area is 186 Å². The monoisotopic (exact) mass is 432 g/mol. The van der Waals surface area contributed by atoms with Crippen LogP contribution in [0.5, 0.6) is 0 Å². The van der Waals surface area contributed by atoms with Crippen LogP contribution in [0.1, 0.15) is 80.1 Å². The van der Waals surface area contributed by atoms with E-state index in [4.69, 9.17) is 9.90 Å². The van der Waals surface area contributed by atoms with Gasteiger partial charge in [0.15, 0.2) is 0 Å². The van der Waals surface area contributed by atoms with Crippen molar-refractivity contribution in [2.45, 2.75) is 91.6 Å². The molecule has 7 unspecified atom stereocenters. The summed E-state index contributed by atoms with van der Waals surface area (Å²) in [6.07, 6.45) is 10.7. The summed E-state index contributed by atoms with van der Waals surface area (Å²) in [4.78, 5) is 33.9. The Morgan fingerprint density at radius 1 is 1.10 bits per heavy atom. The molecule has 0 aromatic carbocycles. The van der Waals surface area contributed by atoms with Gasteiger partial charge in [0.25, 0.3) is 5.97 Å². The van der Waals surface area contributed by atoms with Crippen LogP contribution in [-0.4, -0.2) is 34.5 Å². The molecule has 1 heterocycles. The fourth-order valence-corrected chi connectivity index (χ4v) is 7.22. The van der Waals surface area contributed by atoms with E-state index in [0.29, 0.717) is 17.8 Å². The molecular weight excluding hydrogens is 392 g/mol. The largest absolute Gasteiger partial charge is 0.481 e. The summed E-state index contributed by atoms with van der Waals surface area (Å²) in [5.41, 5.74) is 0.0323. The highest BCUT2D eigenvalue weighted by Crippen LogP contribution is 2.65. The normalized spacial score (nSPS) is 41.0. The number of amides is 2. The van der Waals surface area contributed by atoms with Crippen molar-refractivity contribution in [2.24, 2.45) is 34.5 Å². The lowest BCUT2D eigenvalue weighted by Crippen LogP contribution is -2.59. The molecule has 3 saturated carbocycles. The van der Waals surface area contributed by atoms with Gasteiger partial charge in [0, 0.05) is 29.8 Å². The number of nitrogens with one attached hydrogen (secondary N) is 2. The smallest absolute Gasteiger partial charge is 0.300 e. The molecule has 0 saturated heterocycles. The third-order valence-corrected chi connectivity index (χ3v) is 8.50. The maximum absolute atomic E-state index is 13.0. The first kappa shape index (κ1) is 23.8. The fourth-order valence-electron chi connectivity index (χ4n) is 7.22. The van der Waals surface area contributed by atoms with Gasteiger partial charge >= 0.3 is 0 Å². The number of carboxylic acids is 1. The van der Waals surface area contributed by atoms with E-state index in [1.54, 1.807) is 6.08 Å². The molecule has 3 N–H and O–H groups in total. The van der Waals surface area contributed by atoms with Crippen molar-refractivity contribution in [2.75, 3.05) is 0 Å². The molecule has 7 atom stereocenters. The minimum absolute atomic E-state index is 0.0661. The van der Waals surface area contributed by atoms with Crippen molar-refractivity contribution >= 4 is 17.8 Å². The number of hydrogen-bond acceptors (Lipinski definition) is 3.